The zero-order valence-corrected chi connectivity index (χ0v) is 24.8. The smallest absolute Gasteiger partial charge is 0.319 e. The standard InChI is InChI=1S/C34H31F3N4O2S/c1-2-24-28(36)9-4-19-12-21(42)13-27(29(19)24)25-7-8-26-31(30(25)37)38-33(39-32(26)40-16-22-5-6-23(17-40)44-22)43-18-34-10-3-11-41(34)15-20(35)14-34/h1,4,7-9,12-13,20,22-23,42H,3,5-6,10-11,14-18H2/t20-,22?,23?,34+/m1/s1. The summed E-state index contributed by atoms with van der Waals surface area (Å²) < 4.78 is 52.3. The summed E-state index contributed by atoms with van der Waals surface area (Å²) in [4.78, 5) is 13.8. The third-order valence-electron chi connectivity index (χ3n) is 9.83. The van der Waals surface area contributed by atoms with Crippen molar-refractivity contribution in [3.05, 3.63) is 53.6 Å². The molecule has 4 saturated heterocycles. The van der Waals surface area contributed by atoms with Gasteiger partial charge < -0.3 is 14.7 Å². The summed E-state index contributed by atoms with van der Waals surface area (Å²) in [5.41, 5.74) is 0.0481. The highest BCUT2D eigenvalue weighted by Gasteiger charge is 2.49. The summed E-state index contributed by atoms with van der Waals surface area (Å²) in [7, 11) is 0. The Morgan fingerprint density at radius 2 is 1.89 bits per heavy atom. The number of benzene rings is 3. The molecule has 0 spiro atoms. The third kappa shape index (κ3) is 4.47. The number of halogens is 3. The molecule has 5 heterocycles. The van der Waals surface area contributed by atoms with Crippen LogP contribution in [0.4, 0.5) is 19.0 Å². The van der Waals surface area contributed by atoms with Crippen LogP contribution < -0.4 is 9.64 Å². The van der Waals surface area contributed by atoms with Crippen molar-refractivity contribution in [2.75, 3.05) is 37.7 Å². The highest BCUT2D eigenvalue weighted by Crippen LogP contribution is 2.44. The van der Waals surface area contributed by atoms with Crippen molar-refractivity contribution < 1.29 is 23.0 Å². The first kappa shape index (κ1) is 27.8. The second kappa shape index (κ2) is 10.5. The predicted molar refractivity (Wildman–Crippen MR) is 167 cm³/mol. The van der Waals surface area contributed by atoms with E-state index in [4.69, 9.17) is 16.1 Å². The molecule has 4 atom stereocenters. The van der Waals surface area contributed by atoms with Crippen LogP contribution in [-0.2, 0) is 0 Å². The Labute approximate surface area is 257 Å². The molecule has 10 heteroatoms. The number of alkyl halides is 1. The van der Waals surface area contributed by atoms with E-state index in [1.165, 1.54) is 24.3 Å². The molecule has 1 N–H and O–H groups in total. The Bertz CT molecular complexity index is 1850. The van der Waals surface area contributed by atoms with Crippen molar-refractivity contribution >= 4 is 39.3 Å². The van der Waals surface area contributed by atoms with Crippen LogP contribution in [-0.4, -0.2) is 75.0 Å². The molecule has 6 nitrogen and oxygen atoms in total. The highest BCUT2D eigenvalue weighted by molar-refractivity contribution is 8.00. The molecule has 0 amide bonds. The van der Waals surface area contributed by atoms with Crippen LogP contribution in [0.5, 0.6) is 11.8 Å². The van der Waals surface area contributed by atoms with Crippen molar-refractivity contribution in [1.82, 2.24) is 14.9 Å². The van der Waals surface area contributed by atoms with Gasteiger partial charge in [-0.2, -0.15) is 21.7 Å². The van der Waals surface area contributed by atoms with Crippen molar-refractivity contribution in [3.8, 4) is 35.2 Å². The number of phenols is 1. The minimum atomic E-state index is -0.900. The minimum Gasteiger partial charge on any atom is -0.508 e. The molecule has 44 heavy (non-hydrogen) atoms. The van der Waals surface area contributed by atoms with Crippen LogP contribution >= 0.6 is 11.8 Å². The summed E-state index contributed by atoms with van der Waals surface area (Å²) in [6.07, 6.45) is 9.27. The second-order valence-corrected chi connectivity index (χ2v) is 14.1. The van der Waals surface area contributed by atoms with E-state index in [0.717, 1.165) is 45.3 Å². The van der Waals surface area contributed by atoms with Crippen LogP contribution in [0.2, 0.25) is 0 Å². The van der Waals surface area contributed by atoms with E-state index < -0.39 is 23.3 Å². The molecular weight excluding hydrogens is 585 g/mol. The van der Waals surface area contributed by atoms with Gasteiger partial charge in [0.2, 0.25) is 0 Å². The van der Waals surface area contributed by atoms with Gasteiger partial charge in [-0.05, 0) is 67.4 Å². The van der Waals surface area contributed by atoms with Gasteiger partial charge in [0, 0.05) is 52.9 Å². The van der Waals surface area contributed by atoms with Gasteiger partial charge >= 0.3 is 6.01 Å². The van der Waals surface area contributed by atoms with Crippen molar-refractivity contribution in [2.24, 2.45) is 0 Å². The predicted octanol–water partition coefficient (Wildman–Crippen LogP) is 6.45. The molecule has 0 aliphatic carbocycles. The number of terminal acetylenes is 1. The molecule has 0 radical (unpaired) electrons. The number of phenolic OH excluding ortho intramolecular Hbond substituents is 1. The minimum absolute atomic E-state index is 0.00575. The van der Waals surface area contributed by atoms with Crippen LogP contribution in [0.3, 0.4) is 0 Å². The lowest BCUT2D eigenvalue weighted by atomic mass is 9.93. The van der Waals surface area contributed by atoms with E-state index in [1.54, 1.807) is 12.1 Å². The van der Waals surface area contributed by atoms with Gasteiger partial charge in [0.15, 0.2) is 5.82 Å². The molecule has 3 aromatic carbocycles. The van der Waals surface area contributed by atoms with Gasteiger partial charge in [-0.3, -0.25) is 4.90 Å². The molecule has 4 aromatic rings. The lowest BCUT2D eigenvalue weighted by Crippen LogP contribution is -2.43. The van der Waals surface area contributed by atoms with E-state index in [0.29, 0.717) is 45.4 Å². The fourth-order valence-corrected chi connectivity index (χ4v) is 9.47. The largest absolute Gasteiger partial charge is 0.508 e. The zero-order chi connectivity index (χ0) is 30.2. The summed E-state index contributed by atoms with van der Waals surface area (Å²) >= 11 is 2.01. The maximum absolute atomic E-state index is 16.8. The monoisotopic (exact) mass is 616 g/mol. The second-order valence-electron chi connectivity index (χ2n) is 12.5. The molecule has 2 bridgehead atoms. The lowest BCUT2D eigenvalue weighted by Gasteiger charge is -2.33. The van der Waals surface area contributed by atoms with Crippen LogP contribution in [0.25, 0.3) is 32.8 Å². The van der Waals surface area contributed by atoms with Crippen LogP contribution in [0.15, 0.2) is 36.4 Å². The number of nitrogens with zero attached hydrogens (tertiary/aromatic N) is 4. The normalized spacial score (nSPS) is 26.4. The van der Waals surface area contributed by atoms with Crippen molar-refractivity contribution in [1.29, 1.82) is 0 Å². The van der Waals surface area contributed by atoms with Gasteiger partial charge in [0.05, 0.1) is 11.1 Å². The fraction of sp³-hybridized carbons (Fsp3) is 0.412. The average molecular weight is 617 g/mol. The Hall–Kier alpha value is -3.68. The number of hydrogen-bond donors (Lipinski definition) is 1. The molecule has 2 unspecified atom stereocenters. The van der Waals surface area contributed by atoms with Gasteiger partial charge in [0.25, 0.3) is 0 Å². The van der Waals surface area contributed by atoms with E-state index in [9.17, 15) is 13.9 Å². The number of fused-ring (bicyclic) bond motifs is 5. The molecule has 4 aliphatic heterocycles. The molecule has 8 rings (SSSR count). The fourth-order valence-electron chi connectivity index (χ4n) is 7.85. The van der Waals surface area contributed by atoms with Gasteiger partial charge in [-0.15, -0.1) is 6.42 Å². The Kier molecular flexibility index (Phi) is 6.61. The number of rotatable bonds is 5. The molecule has 4 fully saturated rings. The maximum atomic E-state index is 16.8. The Morgan fingerprint density at radius 3 is 2.68 bits per heavy atom. The van der Waals surface area contributed by atoms with E-state index in [2.05, 4.69) is 20.7 Å². The van der Waals surface area contributed by atoms with Crippen molar-refractivity contribution in [3.63, 3.8) is 0 Å². The SMILES string of the molecule is C#Cc1c(F)ccc2cc(O)cc(-c3ccc4c(N5CC6CCC(C5)S6)nc(OC[C@@]56CCCN5C[C@H](F)C6)nc4c3F)c12. The number of aromatic nitrogens is 2. The lowest BCUT2D eigenvalue weighted by molar-refractivity contribution is 0.107. The average Bonchev–Trinajstić information content (AvgIpc) is 3.66. The third-order valence-corrected chi connectivity index (χ3v) is 11.4. The molecule has 4 aliphatic rings. The number of hydrogen-bond acceptors (Lipinski definition) is 7. The topological polar surface area (TPSA) is 61.7 Å². The quantitative estimate of drug-likeness (QED) is 0.259. The van der Waals surface area contributed by atoms with Crippen molar-refractivity contribution in [2.45, 2.75) is 54.3 Å². The Balaban J connectivity index is 1.28. The van der Waals surface area contributed by atoms with Gasteiger partial charge in [0.1, 0.15) is 35.7 Å². The van der Waals surface area contributed by atoms with Crippen LogP contribution in [0.1, 0.15) is 37.7 Å². The summed E-state index contributed by atoms with van der Waals surface area (Å²) in [6, 6.07) is 9.08. The van der Waals surface area contributed by atoms with Crippen LogP contribution in [0, 0.1) is 24.0 Å². The summed E-state index contributed by atoms with van der Waals surface area (Å²) in [6.45, 7) is 3.04. The first-order chi connectivity index (χ1) is 21.3. The van der Waals surface area contributed by atoms with E-state index in [-0.39, 0.29) is 40.6 Å². The highest BCUT2D eigenvalue weighted by atomic mass is 32.2. The number of aromatic hydroxyl groups is 1. The van der Waals surface area contributed by atoms with Gasteiger partial charge in [-0.1, -0.05) is 18.1 Å². The number of ether oxygens (including phenoxy) is 1. The Morgan fingerprint density at radius 1 is 1.07 bits per heavy atom. The van der Waals surface area contributed by atoms with E-state index >= 15 is 4.39 Å². The molecule has 0 saturated carbocycles. The molecule has 1 aromatic heterocycles. The maximum Gasteiger partial charge on any atom is 0.319 e. The first-order valence-electron chi connectivity index (χ1n) is 15.2. The first-order valence-corrected chi connectivity index (χ1v) is 16.1. The number of anilines is 1. The molecular formula is C34H31F3N4O2S. The summed E-state index contributed by atoms with van der Waals surface area (Å²) in [5.74, 6) is 1.67. The van der Waals surface area contributed by atoms with Gasteiger partial charge in [-0.25, -0.2) is 13.2 Å². The molecule has 226 valence electrons. The summed E-state index contributed by atoms with van der Waals surface area (Å²) in [5, 5.41) is 12.9. The van der Waals surface area contributed by atoms with E-state index in [1.807, 2.05) is 11.8 Å². The number of thioether (sulfide) groups is 1. The zero-order valence-electron chi connectivity index (χ0n) is 24.0.